The smallest absolute Gasteiger partial charge is 0.303 e. The van der Waals surface area contributed by atoms with E-state index in [1.165, 1.54) is 0 Å². The molecule has 0 spiro atoms. The number of carboxylic acids is 1. The van der Waals surface area contributed by atoms with Gasteiger partial charge in [0.15, 0.2) is 11.4 Å². The lowest BCUT2D eigenvalue weighted by Gasteiger charge is -2.36. The summed E-state index contributed by atoms with van der Waals surface area (Å²) in [5, 5.41) is 30.3. The first-order chi connectivity index (χ1) is 22.4. The number of benzene rings is 3. The van der Waals surface area contributed by atoms with Gasteiger partial charge >= 0.3 is 5.97 Å². The fourth-order valence-corrected chi connectivity index (χ4v) is 6.30. The van der Waals surface area contributed by atoms with E-state index >= 15 is 0 Å². The minimum Gasteiger partial charge on any atom is -0.481 e. The molecule has 1 amide bonds. The maximum atomic E-state index is 12.4. The Bertz CT molecular complexity index is 1580. The standard InChI is InChI=1S/C35H40N4O6S/c1-39-23-37-38-35(39)46-22-29-19-31(26-13-11-24(21-40)12-14-26)45-34(44-29)27-17-15-25(16-18-27)30-8-6-5-7-28(30)20-36-32(41)9-3-2-4-10-33(42)43/h5-8,11-18,23,29,31,34,40H,2-4,9-10,19-22H2,1H3,(H,36,41)(H,42,43)/t29-,31+,34+/m0/s1. The first kappa shape index (κ1) is 33.3. The molecule has 3 N–H and O–H groups in total. The topological polar surface area (TPSA) is 136 Å². The number of amides is 1. The highest BCUT2D eigenvalue weighted by Crippen LogP contribution is 2.40. The number of aryl methyl sites for hydroxylation is 1. The van der Waals surface area contributed by atoms with Crippen LogP contribution in [0.25, 0.3) is 11.1 Å². The number of aliphatic carboxylic acids is 1. The van der Waals surface area contributed by atoms with E-state index in [-0.39, 0.29) is 31.1 Å². The normalized spacial score (nSPS) is 17.9. The van der Waals surface area contributed by atoms with E-state index in [0.717, 1.165) is 45.0 Å². The molecule has 11 heteroatoms. The second kappa shape index (κ2) is 16.5. The number of aliphatic hydroxyl groups is 1. The van der Waals surface area contributed by atoms with Gasteiger partial charge in [0.2, 0.25) is 5.91 Å². The predicted molar refractivity (Wildman–Crippen MR) is 175 cm³/mol. The molecule has 46 heavy (non-hydrogen) atoms. The number of ether oxygens (including phenoxy) is 2. The third-order valence-electron chi connectivity index (χ3n) is 7.96. The van der Waals surface area contributed by atoms with Gasteiger partial charge < -0.3 is 29.6 Å². The summed E-state index contributed by atoms with van der Waals surface area (Å²) in [4.78, 5) is 23.1. The Labute approximate surface area is 273 Å². The van der Waals surface area contributed by atoms with E-state index in [0.29, 0.717) is 38.0 Å². The van der Waals surface area contributed by atoms with Gasteiger partial charge in [-0.1, -0.05) is 91.0 Å². The van der Waals surface area contributed by atoms with Crippen molar-refractivity contribution in [3.8, 4) is 11.1 Å². The van der Waals surface area contributed by atoms with Crippen LogP contribution in [-0.2, 0) is 39.3 Å². The van der Waals surface area contributed by atoms with Crippen molar-refractivity contribution < 1.29 is 29.3 Å². The number of aliphatic hydroxyl groups excluding tert-OH is 1. The first-order valence-corrected chi connectivity index (χ1v) is 16.5. The van der Waals surface area contributed by atoms with Crippen molar-refractivity contribution in [2.75, 3.05) is 5.75 Å². The van der Waals surface area contributed by atoms with Crippen LogP contribution in [0, 0.1) is 0 Å². The number of hydrogen-bond acceptors (Lipinski definition) is 8. The molecule has 242 valence electrons. The number of carbonyl (C=O) groups is 2. The molecule has 1 aliphatic heterocycles. The van der Waals surface area contributed by atoms with E-state index < -0.39 is 12.3 Å². The molecule has 0 unspecified atom stereocenters. The lowest BCUT2D eigenvalue weighted by Crippen LogP contribution is -2.31. The van der Waals surface area contributed by atoms with E-state index in [2.05, 4.69) is 15.5 Å². The molecule has 0 bridgehead atoms. The van der Waals surface area contributed by atoms with Crippen LogP contribution in [0.5, 0.6) is 0 Å². The van der Waals surface area contributed by atoms with E-state index in [1.54, 1.807) is 18.1 Å². The lowest BCUT2D eigenvalue weighted by atomic mass is 9.97. The molecule has 4 aromatic rings. The summed E-state index contributed by atoms with van der Waals surface area (Å²) in [6.07, 6.45) is 4.00. The number of unbranched alkanes of at least 4 members (excludes halogenated alkanes) is 2. The molecule has 2 heterocycles. The Morgan fingerprint density at radius 2 is 1.70 bits per heavy atom. The molecule has 3 aromatic carbocycles. The van der Waals surface area contributed by atoms with E-state index in [9.17, 15) is 14.7 Å². The van der Waals surface area contributed by atoms with Crippen molar-refractivity contribution >= 4 is 23.6 Å². The van der Waals surface area contributed by atoms with Crippen LogP contribution in [0.1, 0.15) is 73.2 Å². The molecule has 10 nitrogen and oxygen atoms in total. The van der Waals surface area contributed by atoms with Crippen molar-refractivity contribution in [2.24, 2.45) is 7.05 Å². The molecule has 1 saturated heterocycles. The van der Waals surface area contributed by atoms with Gasteiger partial charge in [0, 0.05) is 44.2 Å². The van der Waals surface area contributed by atoms with Crippen molar-refractivity contribution in [1.29, 1.82) is 0 Å². The Morgan fingerprint density at radius 1 is 0.957 bits per heavy atom. The zero-order chi connectivity index (χ0) is 32.3. The molecule has 1 aromatic heterocycles. The number of thioether (sulfide) groups is 1. The zero-order valence-electron chi connectivity index (χ0n) is 25.9. The molecular formula is C35H40N4O6S. The molecule has 0 radical (unpaired) electrons. The summed E-state index contributed by atoms with van der Waals surface area (Å²) in [7, 11) is 1.92. The Hall–Kier alpha value is -4.03. The quantitative estimate of drug-likeness (QED) is 0.106. The Morgan fingerprint density at radius 3 is 2.41 bits per heavy atom. The minimum absolute atomic E-state index is 0.00741. The first-order valence-electron chi connectivity index (χ1n) is 15.5. The average molecular weight is 645 g/mol. The van der Waals surface area contributed by atoms with Crippen molar-refractivity contribution in [3.63, 3.8) is 0 Å². The minimum atomic E-state index is -0.806. The van der Waals surface area contributed by atoms with Gasteiger partial charge in [0.25, 0.3) is 0 Å². The van der Waals surface area contributed by atoms with Crippen LogP contribution in [0.15, 0.2) is 84.3 Å². The fourth-order valence-electron chi connectivity index (χ4n) is 5.39. The SMILES string of the molecule is Cn1cnnc1SC[C@@H]1C[C@H](c2ccc(CO)cc2)O[C@H](c2ccc(-c3ccccc3CNC(=O)CCCCCC(=O)O)cc2)O1. The van der Waals surface area contributed by atoms with Crippen LogP contribution in [0.3, 0.4) is 0 Å². The van der Waals surface area contributed by atoms with Crippen LogP contribution in [0.4, 0.5) is 0 Å². The fraction of sp³-hybridized carbons (Fsp3) is 0.371. The lowest BCUT2D eigenvalue weighted by molar-refractivity contribution is -0.245. The van der Waals surface area contributed by atoms with E-state index in [4.69, 9.17) is 14.6 Å². The third kappa shape index (κ3) is 9.26. The van der Waals surface area contributed by atoms with Crippen LogP contribution in [-0.4, -0.2) is 48.7 Å². The molecule has 1 aliphatic rings. The van der Waals surface area contributed by atoms with Crippen LogP contribution in [0.2, 0.25) is 0 Å². The highest BCUT2D eigenvalue weighted by Gasteiger charge is 2.32. The molecule has 3 atom stereocenters. The van der Waals surface area contributed by atoms with Gasteiger partial charge in [-0.05, 0) is 40.7 Å². The number of nitrogens with zero attached hydrogens (tertiary/aromatic N) is 3. The second-order valence-electron chi connectivity index (χ2n) is 11.4. The number of nitrogens with one attached hydrogen (secondary N) is 1. The van der Waals surface area contributed by atoms with E-state index in [1.807, 2.05) is 84.4 Å². The molecule has 1 fully saturated rings. The summed E-state index contributed by atoms with van der Waals surface area (Å²) in [6.45, 7) is 0.398. The van der Waals surface area contributed by atoms with Gasteiger partial charge in [0.05, 0.1) is 18.8 Å². The highest BCUT2D eigenvalue weighted by atomic mass is 32.2. The van der Waals surface area contributed by atoms with Gasteiger partial charge in [-0.2, -0.15) is 0 Å². The number of rotatable bonds is 15. The van der Waals surface area contributed by atoms with Crippen molar-refractivity contribution in [2.45, 2.75) is 75.3 Å². The Balaban J connectivity index is 1.25. The third-order valence-corrected chi connectivity index (χ3v) is 9.13. The number of aromatic nitrogens is 3. The molecular weight excluding hydrogens is 604 g/mol. The zero-order valence-corrected chi connectivity index (χ0v) is 26.7. The van der Waals surface area contributed by atoms with Gasteiger partial charge in [-0.3, -0.25) is 9.59 Å². The second-order valence-corrected chi connectivity index (χ2v) is 12.4. The predicted octanol–water partition coefficient (Wildman–Crippen LogP) is 5.96. The van der Waals surface area contributed by atoms with Crippen molar-refractivity contribution in [1.82, 2.24) is 20.1 Å². The maximum absolute atomic E-state index is 12.4. The van der Waals surface area contributed by atoms with Gasteiger partial charge in [-0.15, -0.1) is 10.2 Å². The highest BCUT2D eigenvalue weighted by molar-refractivity contribution is 7.99. The number of carboxylic acid groups (broad SMARTS) is 1. The number of carbonyl (C=O) groups excluding carboxylic acids is 1. The maximum Gasteiger partial charge on any atom is 0.303 e. The average Bonchev–Trinajstić information content (AvgIpc) is 3.50. The molecule has 0 saturated carbocycles. The van der Waals surface area contributed by atoms with Crippen LogP contribution < -0.4 is 5.32 Å². The number of hydrogen-bond donors (Lipinski definition) is 3. The van der Waals surface area contributed by atoms with Gasteiger partial charge in [-0.25, -0.2) is 0 Å². The summed E-state index contributed by atoms with van der Waals surface area (Å²) >= 11 is 1.60. The Kier molecular flexibility index (Phi) is 12.0. The summed E-state index contributed by atoms with van der Waals surface area (Å²) in [5.41, 5.74) is 5.84. The van der Waals surface area contributed by atoms with Gasteiger partial charge in [0.1, 0.15) is 6.33 Å². The van der Waals surface area contributed by atoms with Crippen LogP contribution >= 0.6 is 11.8 Å². The van der Waals surface area contributed by atoms with Crippen molar-refractivity contribution in [3.05, 3.63) is 101 Å². The summed E-state index contributed by atoms with van der Waals surface area (Å²) < 4.78 is 14.9. The largest absolute Gasteiger partial charge is 0.481 e. The summed E-state index contributed by atoms with van der Waals surface area (Å²) in [5.74, 6) is -0.156. The molecule has 0 aliphatic carbocycles. The monoisotopic (exact) mass is 644 g/mol. The summed E-state index contributed by atoms with van der Waals surface area (Å²) in [6, 6.07) is 24.0. The molecule has 5 rings (SSSR count).